The number of hydrogen-bond donors (Lipinski definition) is 2. The monoisotopic (exact) mass is 747 g/mol. The average Bonchev–Trinajstić information content (AvgIpc) is 2.88. The van der Waals surface area contributed by atoms with E-state index in [4.69, 9.17) is 19.8 Å². The van der Waals surface area contributed by atoms with Crippen LogP contribution in [0.15, 0.2) is 91.0 Å². The van der Waals surface area contributed by atoms with Gasteiger partial charge in [0.25, 0.3) is 11.9 Å². The first kappa shape index (κ1) is 35.6. The van der Waals surface area contributed by atoms with Crippen molar-refractivity contribution >= 4 is 35.8 Å². The summed E-state index contributed by atoms with van der Waals surface area (Å²) in [5.41, 5.74) is 0. The summed E-state index contributed by atoms with van der Waals surface area (Å²) in [6, 6.07) is 33.5. The molecular weight excluding hydrogens is 723 g/mol. The van der Waals surface area contributed by atoms with Gasteiger partial charge in [0.15, 0.2) is 0 Å². The molecule has 0 heterocycles. The SMILES string of the molecule is CC(=O)O.CC(=O)O.Fc1[c-]c(F)c(F)c(F)c1F.[Au+].c1ccc([PH+](c2ccccc2)c2ccccc2)cc1. The minimum Gasteiger partial charge on any atom is -0.481 e. The van der Waals surface area contributed by atoms with Crippen LogP contribution in [0.4, 0.5) is 22.0 Å². The second kappa shape index (κ2) is 18.8. The molecule has 4 rings (SSSR count). The second-order valence-electron chi connectivity index (χ2n) is 7.21. The van der Waals surface area contributed by atoms with Crippen LogP contribution in [0.3, 0.4) is 0 Å². The maximum absolute atomic E-state index is 12.0. The van der Waals surface area contributed by atoms with Crippen LogP contribution in [0.1, 0.15) is 13.8 Å². The quantitative estimate of drug-likeness (QED) is 0.0722. The van der Waals surface area contributed by atoms with Crippen molar-refractivity contribution in [3.05, 3.63) is 126 Å². The van der Waals surface area contributed by atoms with Crippen molar-refractivity contribution < 1.29 is 64.1 Å². The van der Waals surface area contributed by atoms with Gasteiger partial charge in [0.1, 0.15) is 15.9 Å². The van der Waals surface area contributed by atoms with Gasteiger partial charge >= 0.3 is 22.4 Å². The van der Waals surface area contributed by atoms with E-state index in [0.717, 1.165) is 19.9 Å². The van der Waals surface area contributed by atoms with E-state index in [-0.39, 0.29) is 22.4 Å². The zero-order valence-electron chi connectivity index (χ0n) is 20.6. The Morgan fingerprint density at radius 1 is 0.564 bits per heavy atom. The standard InChI is InChI=1S/C18H15P.C6F5.2C2H4O2.Au/c1-4-10-16(11-5-1)19(17-12-6-2-7-13-17)18-14-8-3-9-15-18;7-2-1-3(8)5(10)6(11)4(2)9;2*1-2(3)4;/h1-15H;;2*1H3,(H,3,4);/q;-1;;;+1/p+1. The number of benzene rings is 4. The fraction of sp³-hybridized carbons (Fsp3) is 0.0714. The van der Waals surface area contributed by atoms with Crippen LogP contribution in [-0.2, 0) is 32.0 Å². The number of halogens is 5. The third-order valence-electron chi connectivity index (χ3n) is 4.18. The molecule has 0 unspecified atom stereocenters. The van der Waals surface area contributed by atoms with E-state index < -0.39 is 48.9 Å². The van der Waals surface area contributed by atoms with Crippen LogP contribution in [-0.4, -0.2) is 22.2 Å². The summed E-state index contributed by atoms with van der Waals surface area (Å²) >= 11 is 0. The number of rotatable bonds is 3. The minimum absolute atomic E-state index is 0. The molecule has 0 aromatic heterocycles. The van der Waals surface area contributed by atoms with Crippen molar-refractivity contribution in [1.82, 2.24) is 0 Å². The maximum atomic E-state index is 12.0. The van der Waals surface area contributed by atoms with Gasteiger partial charge in [-0.2, -0.15) is 0 Å². The van der Waals surface area contributed by atoms with E-state index in [1.54, 1.807) is 0 Å². The van der Waals surface area contributed by atoms with Gasteiger partial charge in [0, 0.05) is 13.8 Å². The predicted molar refractivity (Wildman–Crippen MR) is 138 cm³/mol. The molecule has 4 aromatic rings. The van der Waals surface area contributed by atoms with E-state index >= 15 is 0 Å². The number of hydrogen-bond acceptors (Lipinski definition) is 2. The predicted octanol–water partition coefficient (Wildman–Crippen LogP) is 5.54. The Labute approximate surface area is 239 Å². The van der Waals surface area contributed by atoms with E-state index in [9.17, 15) is 22.0 Å². The van der Waals surface area contributed by atoms with Gasteiger partial charge in [-0.05, 0) is 36.4 Å². The number of carbonyl (C=O) groups is 2. The molecule has 0 spiro atoms. The van der Waals surface area contributed by atoms with E-state index in [1.165, 1.54) is 15.9 Å². The van der Waals surface area contributed by atoms with Gasteiger partial charge < -0.3 is 10.2 Å². The molecule has 0 saturated carbocycles. The summed E-state index contributed by atoms with van der Waals surface area (Å²) in [6.45, 7) is 2.17. The molecule has 39 heavy (non-hydrogen) atoms. The Kier molecular flexibility index (Phi) is 17.2. The molecule has 210 valence electrons. The molecule has 0 aliphatic rings. The van der Waals surface area contributed by atoms with Crippen molar-refractivity contribution in [3.8, 4) is 0 Å². The Bertz CT molecular complexity index is 1160. The molecule has 4 nitrogen and oxygen atoms in total. The Hall–Kier alpha value is -3.36. The maximum Gasteiger partial charge on any atom is 1.00 e. The molecule has 0 fully saturated rings. The Morgan fingerprint density at radius 2 is 0.795 bits per heavy atom. The summed E-state index contributed by atoms with van der Waals surface area (Å²) < 4.78 is 59.9. The van der Waals surface area contributed by atoms with Crippen LogP contribution in [0.2, 0.25) is 0 Å². The molecule has 0 aliphatic carbocycles. The van der Waals surface area contributed by atoms with Crippen LogP contribution in [0.5, 0.6) is 0 Å². The normalized spacial score (nSPS) is 9.33. The van der Waals surface area contributed by atoms with Crippen LogP contribution < -0.4 is 15.9 Å². The molecule has 0 bridgehead atoms. The van der Waals surface area contributed by atoms with Gasteiger partial charge in [-0.1, -0.05) is 54.6 Å². The molecule has 2 N–H and O–H groups in total. The third kappa shape index (κ3) is 13.3. The van der Waals surface area contributed by atoms with Crippen LogP contribution in [0, 0.1) is 35.2 Å². The number of carboxylic acids is 2. The van der Waals surface area contributed by atoms with Crippen molar-refractivity contribution in [2.45, 2.75) is 13.8 Å². The molecular formula is C28H24AuF5O4P+. The summed E-state index contributed by atoms with van der Waals surface area (Å²) in [6.07, 6.45) is 0. The average molecular weight is 747 g/mol. The first-order valence-electron chi connectivity index (χ1n) is 10.8. The zero-order chi connectivity index (χ0) is 28.7. The summed E-state index contributed by atoms with van der Waals surface area (Å²) in [5.74, 6) is -11.7. The first-order valence-corrected chi connectivity index (χ1v) is 12.3. The number of carboxylic acid groups (broad SMARTS) is 2. The molecule has 0 amide bonds. The second-order valence-corrected chi connectivity index (χ2v) is 9.69. The van der Waals surface area contributed by atoms with Gasteiger partial charge in [0.2, 0.25) is 0 Å². The van der Waals surface area contributed by atoms with Gasteiger partial charge in [0.05, 0.1) is 37.0 Å². The van der Waals surface area contributed by atoms with Crippen LogP contribution in [0.25, 0.3) is 0 Å². The zero-order valence-corrected chi connectivity index (χ0v) is 23.7. The smallest absolute Gasteiger partial charge is 0.481 e. The molecule has 0 atom stereocenters. The third-order valence-corrected chi connectivity index (χ3v) is 6.91. The van der Waals surface area contributed by atoms with Gasteiger partial charge in [-0.25, -0.2) is 13.2 Å². The molecule has 4 aromatic carbocycles. The van der Waals surface area contributed by atoms with Crippen LogP contribution >= 0.6 is 7.92 Å². The Morgan fingerprint density at radius 3 is 1.03 bits per heavy atom. The molecule has 11 heteroatoms. The molecule has 0 radical (unpaired) electrons. The van der Waals surface area contributed by atoms with Crippen molar-refractivity contribution in [1.29, 1.82) is 0 Å². The van der Waals surface area contributed by atoms with E-state index in [2.05, 4.69) is 91.0 Å². The fourth-order valence-electron chi connectivity index (χ4n) is 2.81. The summed E-state index contributed by atoms with van der Waals surface area (Å²) in [4.78, 5) is 18.0. The van der Waals surface area contributed by atoms with Crippen molar-refractivity contribution in [3.63, 3.8) is 0 Å². The summed E-state index contributed by atoms with van der Waals surface area (Å²) in [5, 5.41) is 19.1. The molecule has 0 aliphatic heterocycles. The topological polar surface area (TPSA) is 74.6 Å². The summed E-state index contributed by atoms with van der Waals surface area (Å²) in [7, 11) is -0.877. The number of aliphatic carboxylic acids is 2. The largest absolute Gasteiger partial charge is 1.00 e. The Balaban J connectivity index is 0.000000613. The fourth-order valence-corrected chi connectivity index (χ4v) is 5.39. The van der Waals surface area contributed by atoms with Gasteiger partial charge in [-0.15, -0.1) is 6.07 Å². The molecule has 0 saturated heterocycles. The minimum atomic E-state index is -2.17. The van der Waals surface area contributed by atoms with Crippen molar-refractivity contribution in [2.75, 3.05) is 0 Å². The first-order chi connectivity index (χ1) is 18.0. The van der Waals surface area contributed by atoms with Gasteiger partial charge in [-0.3, -0.25) is 18.4 Å². The van der Waals surface area contributed by atoms with E-state index in [0.29, 0.717) is 0 Å². The van der Waals surface area contributed by atoms with Crippen molar-refractivity contribution in [2.24, 2.45) is 0 Å². The van der Waals surface area contributed by atoms with E-state index in [1.807, 2.05) is 0 Å².